The molecule has 6 nitrogen and oxygen atoms in total. The van der Waals surface area contributed by atoms with Gasteiger partial charge in [-0.2, -0.15) is 0 Å². The van der Waals surface area contributed by atoms with Gasteiger partial charge in [0.15, 0.2) is 10.9 Å². The first kappa shape index (κ1) is 18.0. The molecule has 1 amide bonds. The van der Waals surface area contributed by atoms with Crippen LogP contribution in [0.25, 0.3) is 5.52 Å². The van der Waals surface area contributed by atoms with Gasteiger partial charge in [0.25, 0.3) is 5.91 Å². The molecule has 0 fully saturated rings. The summed E-state index contributed by atoms with van der Waals surface area (Å²) in [7, 11) is 3.35. The molecule has 134 valence electrons. The third kappa shape index (κ3) is 3.30. The summed E-state index contributed by atoms with van der Waals surface area (Å²) in [6.45, 7) is 1.82. The average Bonchev–Trinajstić information content (AvgIpc) is 3.01. The number of imidazole rings is 1. The summed E-state index contributed by atoms with van der Waals surface area (Å²) in [6, 6.07) is 10.6. The van der Waals surface area contributed by atoms with Crippen molar-refractivity contribution < 1.29 is 14.3 Å². The number of fused-ring (bicyclic) bond motifs is 1. The van der Waals surface area contributed by atoms with Crippen LogP contribution < -0.4 is 4.74 Å². The monoisotopic (exact) mass is 369 g/mol. The number of thioether (sulfide) groups is 1. The highest BCUT2D eigenvalue weighted by Crippen LogP contribution is 2.24. The average molecular weight is 369 g/mol. The smallest absolute Gasteiger partial charge is 0.364 e. The van der Waals surface area contributed by atoms with Gasteiger partial charge < -0.3 is 9.64 Å². The molecule has 0 aliphatic rings. The molecule has 7 heteroatoms. The number of aryl methyl sites for hydroxylation is 1. The third-order valence-electron chi connectivity index (χ3n) is 3.94. The van der Waals surface area contributed by atoms with Gasteiger partial charge in [-0.3, -0.25) is 9.20 Å². The Hall–Kier alpha value is -2.80. The van der Waals surface area contributed by atoms with E-state index in [2.05, 4.69) is 4.98 Å². The molecule has 26 heavy (non-hydrogen) atoms. The van der Waals surface area contributed by atoms with Crippen LogP contribution in [0.1, 0.15) is 26.4 Å². The minimum atomic E-state index is -0.549. The van der Waals surface area contributed by atoms with Gasteiger partial charge in [-0.15, -0.1) is 0 Å². The summed E-state index contributed by atoms with van der Waals surface area (Å²) in [6.07, 6.45) is 3.75. The zero-order chi connectivity index (χ0) is 18.8. The summed E-state index contributed by atoms with van der Waals surface area (Å²) < 4.78 is 7.42. The van der Waals surface area contributed by atoms with E-state index in [1.165, 1.54) is 16.7 Å². The molecule has 2 heterocycles. The van der Waals surface area contributed by atoms with Gasteiger partial charge in [-0.1, -0.05) is 23.9 Å². The summed E-state index contributed by atoms with van der Waals surface area (Å²) >= 11 is 1.45. The van der Waals surface area contributed by atoms with Crippen LogP contribution in [-0.2, 0) is 0 Å². The molecule has 0 radical (unpaired) electrons. The number of aromatic nitrogens is 2. The van der Waals surface area contributed by atoms with Crippen molar-refractivity contribution in [2.24, 2.45) is 0 Å². The Labute approximate surface area is 155 Å². The molecule has 1 aromatic carbocycles. The predicted molar refractivity (Wildman–Crippen MR) is 101 cm³/mol. The first-order valence-electron chi connectivity index (χ1n) is 7.98. The molecule has 0 spiro atoms. The molecule has 0 saturated heterocycles. The van der Waals surface area contributed by atoms with Gasteiger partial charge >= 0.3 is 5.97 Å². The number of hydrogen-bond acceptors (Lipinski definition) is 5. The van der Waals surface area contributed by atoms with E-state index in [1.807, 2.05) is 42.0 Å². The largest absolute Gasteiger partial charge is 0.421 e. The molecule has 0 unspecified atom stereocenters. The zero-order valence-electron chi connectivity index (χ0n) is 15.0. The summed E-state index contributed by atoms with van der Waals surface area (Å²) in [5, 5.41) is 0.709. The van der Waals surface area contributed by atoms with Crippen molar-refractivity contribution in [1.29, 1.82) is 0 Å². The number of esters is 1. The Morgan fingerprint density at radius 1 is 1.19 bits per heavy atom. The van der Waals surface area contributed by atoms with Gasteiger partial charge in [0.1, 0.15) is 5.75 Å². The first-order valence-corrected chi connectivity index (χ1v) is 9.20. The van der Waals surface area contributed by atoms with Crippen LogP contribution in [0.15, 0.2) is 47.8 Å². The van der Waals surface area contributed by atoms with Gasteiger partial charge in [0, 0.05) is 25.9 Å². The molecular weight excluding hydrogens is 350 g/mol. The van der Waals surface area contributed by atoms with Crippen LogP contribution in [0, 0.1) is 6.92 Å². The second-order valence-electron chi connectivity index (χ2n) is 5.97. The maximum atomic E-state index is 12.7. The first-order chi connectivity index (χ1) is 12.4. The molecular formula is C19H19N3O3S. The van der Waals surface area contributed by atoms with Crippen LogP contribution in [-0.4, -0.2) is 46.5 Å². The Kier molecular flexibility index (Phi) is 4.99. The maximum Gasteiger partial charge on any atom is 0.364 e. The number of ether oxygens (including phenoxy) is 1. The van der Waals surface area contributed by atoms with Crippen molar-refractivity contribution in [2.45, 2.75) is 12.1 Å². The highest BCUT2D eigenvalue weighted by atomic mass is 32.2. The van der Waals surface area contributed by atoms with Crippen LogP contribution in [0.2, 0.25) is 0 Å². The van der Waals surface area contributed by atoms with E-state index in [0.717, 1.165) is 5.56 Å². The van der Waals surface area contributed by atoms with Gasteiger partial charge in [0.05, 0.1) is 5.52 Å². The molecule has 0 bridgehead atoms. The predicted octanol–water partition coefficient (Wildman–Crippen LogP) is 3.29. The lowest BCUT2D eigenvalue weighted by Gasteiger charge is -2.12. The van der Waals surface area contributed by atoms with Gasteiger partial charge in [-0.25, -0.2) is 9.78 Å². The number of rotatable bonds is 4. The van der Waals surface area contributed by atoms with Gasteiger partial charge in [0.2, 0.25) is 0 Å². The standard InChI is InChI=1S/C19H19N3O3S/c1-12-8-9-13(17(23)21(2)3)11-15(12)25-18(24)16-14-7-5-6-10-22(14)19(20-16)26-4/h5-11H,1-4H3. The number of amides is 1. The van der Waals surface area contributed by atoms with E-state index in [0.29, 0.717) is 22.0 Å². The summed E-state index contributed by atoms with van der Waals surface area (Å²) in [4.78, 5) is 30.7. The van der Waals surface area contributed by atoms with E-state index in [1.54, 1.807) is 32.3 Å². The van der Waals surface area contributed by atoms with Crippen LogP contribution in [0.3, 0.4) is 0 Å². The lowest BCUT2D eigenvalue weighted by atomic mass is 10.1. The second kappa shape index (κ2) is 7.21. The van der Waals surface area contributed by atoms with Crippen molar-refractivity contribution in [2.75, 3.05) is 20.4 Å². The highest BCUT2D eigenvalue weighted by molar-refractivity contribution is 7.98. The minimum absolute atomic E-state index is 0.153. The lowest BCUT2D eigenvalue weighted by Crippen LogP contribution is -2.21. The number of pyridine rings is 1. The molecule has 0 aliphatic heterocycles. The van der Waals surface area contributed by atoms with Crippen LogP contribution >= 0.6 is 11.8 Å². The van der Waals surface area contributed by atoms with Gasteiger partial charge in [-0.05, 0) is 43.0 Å². The zero-order valence-corrected chi connectivity index (χ0v) is 15.8. The maximum absolute atomic E-state index is 12.7. The Morgan fingerprint density at radius 2 is 1.96 bits per heavy atom. The lowest BCUT2D eigenvalue weighted by molar-refractivity contribution is 0.0726. The molecule has 2 aromatic heterocycles. The Morgan fingerprint density at radius 3 is 2.65 bits per heavy atom. The SMILES string of the molecule is CSc1nc(C(=O)Oc2cc(C(=O)N(C)C)ccc2C)c2ccccn12. The van der Waals surface area contributed by atoms with E-state index < -0.39 is 5.97 Å². The second-order valence-corrected chi connectivity index (χ2v) is 6.75. The molecule has 3 rings (SSSR count). The number of hydrogen-bond donors (Lipinski definition) is 0. The molecule has 0 N–H and O–H groups in total. The molecule has 0 saturated carbocycles. The van der Waals surface area contributed by atoms with E-state index in [4.69, 9.17) is 4.74 Å². The van der Waals surface area contributed by atoms with Crippen LogP contribution in [0.5, 0.6) is 5.75 Å². The van der Waals surface area contributed by atoms with Crippen LogP contribution in [0.4, 0.5) is 0 Å². The number of carbonyl (C=O) groups is 2. The molecule has 0 atom stereocenters. The summed E-state index contributed by atoms with van der Waals surface area (Å²) in [5.41, 5.74) is 2.16. The van der Waals surface area contributed by atoms with Crippen molar-refractivity contribution in [1.82, 2.24) is 14.3 Å². The van der Waals surface area contributed by atoms with E-state index in [-0.39, 0.29) is 11.6 Å². The normalized spacial score (nSPS) is 10.8. The highest BCUT2D eigenvalue weighted by Gasteiger charge is 2.20. The topological polar surface area (TPSA) is 63.9 Å². The third-order valence-corrected chi connectivity index (χ3v) is 4.59. The Balaban J connectivity index is 1.96. The molecule has 0 aliphatic carbocycles. The molecule has 3 aromatic rings. The Bertz CT molecular complexity index is 995. The summed E-state index contributed by atoms with van der Waals surface area (Å²) in [5.74, 6) is -0.351. The number of benzene rings is 1. The fourth-order valence-electron chi connectivity index (χ4n) is 2.55. The quantitative estimate of drug-likeness (QED) is 0.401. The van der Waals surface area contributed by atoms with E-state index >= 15 is 0 Å². The van der Waals surface area contributed by atoms with Crippen molar-refractivity contribution in [3.63, 3.8) is 0 Å². The van der Waals surface area contributed by atoms with Crippen molar-refractivity contribution in [3.8, 4) is 5.75 Å². The fourth-order valence-corrected chi connectivity index (χ4v) is 3.09. The number of nitrogens with zero attached hydrogens (tertiary/aromatic N) is 3. The van der Waals surface area contributed by atoms with E-state index in [9.17, 15) is 9.59 Å². The fraction of sp³-hybridized carbons (Fsp3) is 0.211. The van der Waals surface area contributed by atoms with Crippen molar-refractivity contribution in [3.05, 3.63) is 59.4 Å². The van der Waals surface area contributed by atoms with Crippen molar-refractivity contribution >= 4 is 29.2 Å². The minimum Gasteiger partial charge on any atom is -0.421 e. The number of carbonyl (C=O) groups excluding carboxylic acids is 2.